The van der Waals surface area contributed by atoms with E-state index in [9.17, 15) is 67.7 Å². The Bertz CT molecular complexity index is 3640. The van der Waals surface area contributed by atoms with Gasteiger partial charge in [-0.1, -0.05) is 113 Å². The van der Waals surface area contributed by atoms with Crippen LogP contribution >= 0.6 is 0 Å². The number of primary amides is 3. The van der Waals surface area contributed by atoms with E-state index < -0.39 is 260 Å². The second-order valence-electron chi connectivity index (χ2n) is 32.7. The smallest absolute Gasteiger partial charge is 0.329 e. The van der Waals surface area contributed by atoms with Crippen LogP contribution in [-0.4, -0.2) is 256 Å². The maximum atomic E-state index is 15.4. The third-order valence-corrected chi connectivity index (χ3v) is 21.8. The molecule has 0 bridgehead atoms. The number of nitrogens with zero attached hydrogens (tertiary/aromatic N) is 4. The molecule has 0 unspecified atom stereocenters. The lowest BCUT2D eigenvalue weighted by atomic mass is 9.91. The van der Waals surface area contributed by atoms with Crippen molar-refractivity contribution in [3.05, 3.63) is 29.8 Å². The number of fused-ring (bicyclic) bond motifs is 1. The maximum Gasteiger partial charge on any atom is 0.329 e. The van der Waals surface area contributed by atoms with Crippen LogP contribution in [0, 0.1) is 29.6 Å². The zero-order valence-corrected chi connectivity index (χ0v) is 71.3. The predicted octanol–water partition coefficient (Wildman–Crippen LogP) is 1.23. The highest BCUT2D eigenvalue weighted by atomic mass is 16.6. The van der Waals surface area contributed by atoms with Gasteiger partial charge in [0.15, 0.2) is 18.0 Å². The van der Waals surface area contributed by atoms with Gasteiger partial charge in [0, 0.05) is 52.9 Å². The third-order valence-electron chi connectivity index (χ3n) is 21.8. The van der Waals surface area contributed by atoms with Gasteiger partial charge >= 0.3 is 17.9 Å². The number of ketones is 1. The summed E-state index contributed by atoms with van der Waals surface area (Å²) in [5.74, 6) is -19.0. The second-order valence-corrected chi connectivity index (χ2v) is 32.7. The Balaban J connectivity index is 1.75. The number of unbranched alkanes of at least 4 members (excludes halogenated alkanes) is 4. The van der Waals surface area contributed by atoms with Crippen LogP contribution in [-0.2, 0) is 102 Å². The molecule has 36 heteroatoms. The molecule has 118 heavy (non-hydrogen) atoms. The van der Waals surface area contributed by atoms with Crippen molar-refractivity contribution < 1.29 is 111 Å². The molecule has 17 atom stereocenters. The van der Waals surface area contributed by atoms with Crippen LogP contribution < -0.4 is 53.8 Å². The van der Waals surface area contributed by atoms with E-state index in [4.69, 9.17) is 36.1 Å². The summed E-state index contributed by atoms with van der Waals surface area (Å²) in [5, 5.41) is 38.1. The lowest BCUT2D eigenvalue weighted by Crippen LogP contribution is -2.62. The van der Waals surface area contributed by atoms with E-state index in [1.54, 1.807) is 65.8 Å². The van der Waals surface area contributed by atoms with Gasteiger partial charge < -0.3 is 97.9 Å². The first-order chi connectivity index (χ1) is 55.5. The van der Waals surface area contributed by atoms with Gasteiger partial charge in [0.2, 0.25) is 70.9 Å². The summed E-state index contributed by atoms with van der Waals surface area (Å²) < 4.78 is 23.0. The Hall–Kier alpha value is -9.87. The fraction of sp³-hybridized carbons (Fsp3) is 0.720. The molecular weight excluding hydrogens is 1530 g/mol. The van der Waals surface area contributed by atoms with Crippen LogP contribution in [0.4, 0.5) is 0 Å². The first-order valence-electron chi connectivity index (χ1n) is 41.4. The number of esters is 3. The third kappa shape index (κ3) is 31.1. The number of hydrogen-bond donors (Lipinski definition) is 11. The van der Waals surface area contributed by atoms with E-state index in [1.165, 1.54) is 46.9 Å². The summed E-state index contributed by atoms with van der Waals surface area (Å²) in [7, 11) is 4.09. The first kappa shape index (κ1) is 100. The molecule has 662 valence electrons. The van der Waals surface area contributed by atoms with E-state index >= 15 is 24.0 Å². The van der Waals surface area contributed by atoms with Gasteiger partial charge in [0.05, 0.1) is 44.1 Å². The van der Waals surface area contributed by atoms with E-state index in [-0.39, 0.29) is 70.4 Å². The Labute approximate surface area is 691 Å². The van der Waals surface area contributed by atoms with Crippen LogP contribution in [0.3, 0.4) is 0 Å². The number of hydrogen-bond acceptors (Lipinski definition) is 23. The minimum absolute atomic E-state index is 0.00717. The standard InChI is InChI=1S/C82H131N13O23/c1-16-18-19-20-21-24-52(96)42-66(101)86-54(31-34-63(83)98)73(105)87-55(32-35-64(84)99)74(106)88-56(33-36-65(85)100)81(113)117-50(12)77(109)94-37-22-25-58(94)79(111)92(13)60(40-45(5)6)75(107)91-69-49(11)116-82(114)61(41-51-27-29-53(115-15)30-28-51)93(14)80(112)59-26-23-38-95(59)78(110)57(39-44(3)4)89-72(104)48(10)70(103)71(46(7)8)118-67(102)43-62(97)68(47(9)17-2)90-76(69)108/h27-30,44-50,52,54-62,68-69,71,96-97H,16-26,31-43H2,1-15H3,(H2,83,98)(H2,84,99)(H2,85,100)(H,86,101)(H,87,105)(H,88,106)(H,89,104)(H,90,108)(H,91,107)/t47-,48-,49+,50-,52+,54-,55-,56-,57-,58+,59-,60+,61-,62-,68-,69-,71-/m0/s1. The highest BCUT2D eigenvalue weighted by Gasteiger charge is 2.47. The van der Waals surface area contributed by atoms with Crippen LogP contribution in [0.15, 0.2) is 24.3 Å². The van der Waals surface area contributed by atoms with Gasteiger partial charge in [-0.05, 0) is 126 Å². The summed E-state index contributed by atoms with van der Waals surface area (Å²) in [4.78, 5) is 245. The summed E-state index contributed by atoms with van der Waals surface area (Å²) in [6.07, 6.45) is -6.53. The number of carbonyl (C=O) groups excluding carboxylic acids is 17. The summed E-state index contributed by atoms with van der Waals surface area (Å²) >= 11 is 0. The molecule has 1 aromatic carbocycles. The van der Waals surface area contributed by atoms with Gasteiger partial charge in [-0.25, -0.2) is 9.59 Å². The quantitative estimate of drug-likeness (QED) is 0.0191. The average molecular weight is 1670 g/mol. The molecule has 1 aromatic rings. The summed E-state index contributed by atoms with van der Waals surface area (Å²) in [6.45, 7) is 19.4. The van der Waals surface area contributed by atoms with E-state index in [0.717, 1.165) is 40.4 Å². The highest BCUT2D eigenvalue weighted by molar-refractivity contribution is 6.05. The SMILES string of the molecule is CCCCCCC[C@@H](O)CC(=O)N[C@@H](CCC(N)=O)C(=O)N[C@@H](CCC(N)=O)C(=O)N[C@@H](CCC(N)=O)C(=O)O[C@@H](C)C(=O)N1CCC[C@@H]1C(=O)N(C)[C@H](CC(C)C)C(=O)N[C@@H]1C(=O)N[C@@H]([C@@H](C)CC)[C@@H](O)CC(=O)O[C@@H](C(C)C)C(=O)[C@H](C)C(=O)N[C@@H](CC(C)C)C(=O)N2CCC[C@H]2C(=O)N(C)[C@@H](Cc2ccc(OC)cc2)C(=O)O[C@@H]1C. The van der Waals surface area contributed by atoms with Crippen LogP contribution in [0.25, 0.3) is 0 Å². The number of aliphatic hydroxyl groups excluding tert-OH is 2. The number of carbonyl (C=O) groups is 17. The number of methoxy groups -OCH3 is 1. The Kier molecular flexibility index (Phi) is 41.6. The second kappa shape index (κ2) is 48.9. The number of Topliss-reactive ketones (excluding diaryl/α,β-unsaturated/α-hetero) is 1. The Morgan fingerprint density at radius 3 is 1.83 bits per heavy atom. The van der Waals surface area contributed by atoms with Crippen LogP contribution in [0.1, 0.15) is 223 Å². The molecule has 14 N–H and O–H groups in total. The van der Waals surface area contributed by atoms with Crippen molar-refractivity contribution in [2.75, 3.05) is 34.3 Å². The molecule has 3 heterocycles. The van der Waals surface area contributed by atoms with Gasteiger partial charge in [-0.15, -0.1) is 0 Å². The molecule has 3 saturated heterocycles. The zero-order chi connectivity index (χ0) is 88.7. The number of rotatable bonds is 39. The zero-order valence-electron chi connectivity index (χ0n) is 71.3. The molecule has 36 nitrogen and oxygen atoms in total. The number of amides is 13. The first-order valence-corrected chi connectivity index (χ1v) is 41.4. The van der Waals surface area contributed by atoms with Crippen LogP contribution in [0.5, 0.6) is 5.75 Å². The van der Waals surface area contributed by atoms with Crippen molar-refractivity contribution in [2.45, 2.75) is 315 Å². The molecule has 3 aliphatic rings. The van der Waals surface area contributed by atoms with E-state index in [1.807, 2.05) is 20.8 Å². The fourth-order valence-electron chi connectivity index (χ4n) is 14.6. The van der Waals surface area contributed by atoms with Crippen LogP contribution in [0.2, 0.25) is 0 Å². The van der Waals surface area contributed by atoms with Crippen molar-refractivity contribution >= 4 is 100 Å². The highest BCUT2D eigenvalue weighted by Crippen LogP contribution is 2.29. The lowest BCUT2D eigenvalue weighted by Gasteiger charge is -2.36. The van der Waals surface area contributed by atoms with Gasteiger partial charge in [-0.3, -0.25) is 71.9 Å². The molecule has 13 amide bonds. The number of likely N-dealkylation sites (tertiary alicyclic amines) is 1. The fourth-order valence-corrected chi connectivity index (χ4v) is 14.6. The number of likely N-dealkylation sites (N-methyl/N-ethyl adjacent to an activating group) is 2. The minimum Gasteiger partial charge on any atom is -0.497 e. The maximum absolute atomic E-state index is 15.4. The van der Waals surface area contributed by atoms with Crippen molar-refractivity contribution in [1.82, 2.24) is 51.5 Å². The van der Waals surface area contributed by atoms with Gasteiger partial charge in [0.1, 0.15) is 66.2 Å². The lowest BCUT2D eigenvalue weighted by molar-refractivity contribution is -0.163. The molecule has 0 aliphatic carbocycles. The largest absolute Gasteiger partial charge is 0.497 e. The molecular formula is C82H131N13O23. The normalized spacial score (nSPS) is 23.2. The van der Waals surface area contributed by atoms with Gasteiger partial charge in [-0.2, -0.15) is 0 Å². The number of benzene rings is 1. The van der Waals surface area contributed by atoms with Crippen molar-refractivity contribution in [3.63, 3.8) is 0 Å². The van der Waals surface area contributed by atoms with Gasteiger partial charge in [0.25, 0.3) is 5.91 Å². The predicted molar refractivity (Wildman–Crippen MR) is 429 cm³/mol. The van der Waals surface area contributed by atoms with E-state index in [2.05, 4.69) is 31.9 Å². The molecule has 4 rings (SSSR count). The van der Waals surface area contributed by atoms with Crippen molar-refractivity contribution in [2.24, 2.45) is 46.8 Å². The van der Waals surface area contributed by atoms with Crippen molar-refractivity contribution in [3.8, 4) is 5.75 Å². The minimum atomic E-state index is -1.93. The Morgan fingerprint density at radius 2 is 1.27 bits per heavy atom. The summed E-state index contributed by atoms with van der Waals surface area (Å²) in [6, 6.07) is -8.51. The summed E-state index contributed by atoms with van der Waals surface area (Å²) in [5.41, 5.74) is 16.8. The Morgan fingerprint density at radius 1 is 0.695 bits per heavy atom. The molecule has 0 aromatic heterocycles. The number of cyclic esters (lactones) is 2. The number of nitrogens with one attached hydrogen (secondary N) is 6. The van der Waals surface area contributed by atoms with Crippen molar-refractivity contribution in [1.29, 1.82) is 0 Å². The monoisotopic (exact) mass is 1670 g/mol. The topological polar surface area (TPSA) is 531 Å². The van der Waals surface area contributed by atoms with E-state index in [0.29, 0.717) is 30.6 Å². The molecule has 0 saturated carbocycles. The molecule has 3 aliphatic heterocycles. The number of nitrogens with two attached hydrogens (primary N) is 3. The number of aliphatic hydroxyl groups is 2. The molecule has 0 spiro atoms. The molecule has 0 radical (unpaired) electrons. The number of ether oxygens (including phenoxy) is 4. The average Bonchev–Trinajstić information content (AvgIpc) is 1.61. The molecule has 3 fully saturated rings.